The topological polar surface area (TPSA) is 24.5 Å². The zero-order valence-corrected chi connectivity index (χ0v) is 12.1. The van der Waals surface area contributed by atoms with Crippen LogP contribution in [0.3, 0.4) is 0 Å². The van der Waals surface area contributed by atoms with Gasteiger partial charge in [0.15, 0.2) is 0 Å². The standard InChI is InChI=1S/C16H24N2O.CH4/c1-3-4-14-13-6-8-17-7-5-12(13)11-15-16(14)18(2)9-10-19-15;/h11,17H,3-10H2,1-2H3;1H4. The highest BCUT2D eigenvalue weighted by Gasteiger charge is 2.24. The number of nitrogens with one attached hydrogen (secondary N) is 1. The molecule has 0 saturated heterocycles. The highest BCUT2D eigenvalue weighted by Crippen LogP contribution is 2.39. The van der Waals surface area contributed by atoms with Crippen LogP contribution in [0.15, 0.2) is 6.07 Å². The summed E-state index contributed by atoms with van der Waals surface area (Å²) in [4.78, 5) is 2.38. The molecule has 2 aliphatic heterocycles. The highest BCUT2D eigenvalue weighted by atomic mass is 16.5. The fourth-order valence-electron chi connectivity index (χ4n) is 3.35. The third kappa shape index (κ3) is 2.64. The van der Waals surface area contributed by atoms with Gasteiger partial charge in [-0.05, 0) is 55.1 Å². The molecule has 0 unspecified atom stereocenters. The molecule has 0 bridgehead atoms. The van der Waals surface area contributed by atoms with E-state index >= 15 is 0 Å². The molecule has 0 aliphatic carbocycles. The number of benzene rings is 1. The molecule has 0 spiro atoms. The van der Waals surface area contributed by atoms with E-state index in [1.165, 1.54) is 24.1 Å². The van der Waals surface area contributed by atoms with Gasteiger partial charge in [-0.15, -0.1) is 0 Å². The van der Waals surface area contributed by atoms with E-state index in [4.69, 9.17) is 4.74 Å². The van der Waals surface area contributed by atoms with E-state index in [9.17, 15) is 0 Å². The molecule has 3 heteroatoms. The molecule has 1 aromatic rings. The van der Waals surface area contributed by atoms with Gasteiger partial charge in [-0.1, -0.05) is 20.8 Å². The second-order valence-electron chi connectivity index (χ2n) is 5.61. The third-order valence-corrected chi connectivity index (χ3v) is 4.27. The van der Waals surface area contributed by atoms with Crippen LogP contribution in [0.25, 0.3) is 0 Å². The summed E-state index contributed by atoms with van der Waals surface area (Å²) in [5, 5.41) is 3.51. The van der Waals surface area contributed by atoms with E-state index in [2.05, 4.69) is 30.3 Å². The Morgan fingerprint density at radius 2 is 2.10 bits per heavy atom. The fourth-order valence-corrected chi connectivity index (χ4v) is 3.35. The largest absolute Gasteiger partial charge is 0.490 e. The number of ether oxygens (including phenoxy) is 1. The molecular formula is C17H28N2O. The van der Waals surface area contributed by atoms with Gasteiger partial charge in [0.1, 0.15) is 12.4 Å². The summed E-state index contributed by atoms with van der Waals surface area (Å²) in [5.74, 6) is 1.11. The molecular weight excluding hydrogens is 248 g/mol. The van der Waals surface area contributed by atoms with Gasteiger partial charge in [-0.2, -0.15) is 0 Å². The Kier molecular flexibility index (Phi) is 4.92. The number of hydrogen-bond acceptors (Lipinski definition) is 3. The van der Waals surface area contributed by atoms with Gasteiger partial charge in [0.05, 0.1) is 12.2 Å². The van der Waals surface area contributed by atoms with Crippen LogP contribution in [0.4, 0.5) is 5.69 Å². The van der Waals surface area contributed by atoms with Gasteiger partial charge in [0, 0.05) is 7.05 Å². The summed E-state index contributed by atoms with van der Waals surface area (Å²) in [6.07, 6.45) is 4.65. The van der Waals surface area contributed by atoms with E-state index in [-0.39, 0.29) is 7.43 Å². The van der Waals surface area contributed by atoms with Crippen LogP contribution < -0.4 is 15.0 Å². The molecule has 1 aromatic carbocycles. The van der Waals surface area contributed by atoms with Crippen molar-refractivity contribution in [1.29, 1.82) is 0 Å². The first-order chi connectivity index (χ1) is 9.31. The summed E-state index contributed by atoms with van der Waals surface area (Å²) < 4.78 is 5.93. The lowest BCUT2D eigenvalue weighted by Gasteiger charge is -2.32. The molecule has 0 atom stereocenters. The van der Waals surface area contributed by atoms with E-state index in [1.807, 2.05) is 0 Å². The van der Waals surface area contributed by atoms with Gasteiger partial charge in [-0.3, -0.25) is 0 Å². The van der Waals surface area contributed by atoms with Crippen LogP contribution in [0.5, 0.6) is 5.75 Å². The van der Waals surface area contributed by atoms with E-state index < -0.39 is 0 Å². The van der Waals surface area contributed by atoms with Crippen molar-refractivity contribution in [1.82, 2.24) is 5.32 Å². The van der Waals surface area contributed by atoms with Crippen LogP contribution in [0.2, 0.25) is 0 Å². The van der Waals surface area contributed by atoms with Crippen molar-refractivity contribution in [2.75, 3.05) is 38.2 Å². The first-order valence-electron chi connectivity index (χ1n) is 7.53. The zero-order valence-electron chi connectivity index (χ0n) is 12.1. The minimum Gasteiger partial charge on any atom is -0.490 e. The normalized spacial score (nSPS) is 17.4. The molecule has 2 aliphatic rings. The summed E-state index contributed by atoms with van der Waals surface area (Å²) in [5.41, 5.74) is 5.99. The quantitative estimate of drug-likeness (QED) is 0.899. The second-order valence-corrected chi connectivity index (χ2v) is 5.61. The van der Waals surface area contributed by atoms with E-state index in [1.54, 1.807) is 11.1 Å². The van der Waals surface area contributed by atoms with Gasteiger partial charge in [-0.25, -0.2) is 0 Å². The Bertz CT molecular complexity index is 471. The Morgan fingerprint density at radius 1 is 1.30 bits per heavy atom. The molecule has 0 fully saturated rings. The van der Waals surface area contributed by atoms with Crippen molar-refractivity contribution >= 4 is 5.69 Å². The maximum Gasteiger partial charge on any atom is 0.143 e. The number of rotatable bonds is 2. The molecule has 0 aromatic heterocycles. The molecule has 0 saturated carbocycles. The number of fused-ring (bicyclic) bond motifs is 2. The maximum atomic E-state index is 5.93. The lowest BCUT2D eigenvalue weighted by Crippen LogP contribution is -2.30. The van der Waals surface area contributed by atoms with E-state index in [0.29, 0.717) is 0 Å². The first kappa shape index (κ1) is 15.2. The van der Waals surface area contributed by atoms with Crippen molar-refractivity contribution in [3.63, 3.8) is 0 Å². The molecule has 1 N–H and O–H groups in total. The van der Waals surface area contributed by atoms with Crippen molar-refractivity contribution in [2.45, 2.75) is 40.0 Å². The first-order valence-corrected chi connectivity index (χ1v) is 7.53. The van der Waals surface area contributed by atoms with Crippen molar-refractivity contribution in [3.05, 3.63) is 22.8 Å². The van der Waals surface area contributed by atoms with Gasteiger partial charge < -0.3 is 15.0 Å². The van der Waals surface area contributed by atoms with Gasteiger partial charge >= 0.3 is 0 Å². The van der Waals surface area contributed by atoms with Gasteiger partial charge in [0.25, 0.3) is 0 Å². The van der Waals surface area contributed by atoms with Crippen LogP contribution in [0.1, 0.15) is 37.5 Å². The van der Waals surface area contributed by atoms with Crippen molar-refractivity contribution < 1.29 is 4.74 Å². The Hall–Kier alpha value is -1.22. The molecule has 20 heavy (non-hydrogen) atoms. The second kappa shape index (κ2) is 6.49. The monoisotopic (exact) mass is 276 g/mol. The number of anilines is 1. The predicted octanol–water partition coefficient (Wildman–Crippen LogP) is 2.79. The summed E-state index contributed by atoms with van der Waals surface area (Å²) in [7, 11) is 2.20. The Balaban J connectivity index is 0.00000147. The third-order valence-electron chi connectivity index (χ3n) is 4.27. The number of nitrogens with zero attached hydrogens (tertiary/aromatic N) is 1. The average molecular weight is 276 g/mol. The van der Waals surface area contributed by atoms with Crippen LogP contribution in [-0.4, -0.2) is 33.3 Å². The lowest BCUT2D eigenvalue weighted by atomic mass is 9.91. The van der Waals surface area contributed by atoms with Crippen LogP contribution in [-0.2, 0) is 19.3 Å². The van der Waals surface area contributed by atoms with Crippen molar-refractivity contribution in [3.8, 4) is 5.75 Å². The summed E-state index contributed by atoms with van der Waals surface area (Å²) in [6.45, 7) is 6.28. The fraction of sp³-hybridized carbons (Fsp3) is 0.647. The predicted molar refractivity (Wildman–Crippen MR) is 86.2 cm³/mol. The Morgan fingerprint density at radius 3 is 2.90 bits per heavy atom. The summed E-state index contributed by atoms with van der Waals surface area (Å²) in [6, 6.07) is 2.30. The molecule has 0 amide bonds. The number of likely N-dealkylation sites (N-methyl/N-ethyl adjacent to an activating group) is 1. The number of hydrogen-bond donors (Lipinski definition) is 1. The highest BCUT2D eigenvalue weighted by molar-refractivity contribution is 5.69. The average Bonchev–Trinajstić information content (AvgIpc) is 2.64. The Labute approximate surface area is 123 Å². The van der Waals surface area contributed by atoms with Crippen LogP contribution >= 0.6 is 0 Å². The minimum atomic E-state index is 0. The summed E-state index contributed by atoms with van der Waals surface area (Å²) >= 11 is 0. The van der Waals surface area contributed by atoms with Crippen molar-refractivity contribution in [2.24, 2.45) is 0 Å². The zero-order chi connectivity index (χ0) is 13.2. The molecule has 3 rings (SSSR count). The molecule has 112 valence electrons. The molecule has 2 heterocycles. The SMILES string of the molecule is C.CCCc1c2c(cc3c1N(C)CCO3)CCNCC2. The van der Waals surface area contributed by atoms with E-state index in [0.717, 1.165) is 44.8 Å². The van der Waals surface area contributed by atoms with Crippen LogP contribution in [0, 0.1) is 0 Å². The van der Waals surface area contributed by atoms with Gasteiger partial charge in [0.2, 0.25) is 0 Å². The maximum absolute atomic E-state index is 5.93. The molecule has 3 nitrogen and oxygen atoms in total. The molecule has 0 radical (unpaired) electrons. The lowest BCUT2D eigenvalue weighted by molar-refractivity contribution is 0.310. The smallest absolute Gasteiger partial charge is 0.143 e. The minimum absolute atomic E-state index is 0.